The summed E-state index contributed by atoms with van der Waals surface area (Å²) in [6.45, 7) is 0. The summed E-state index contributed by atoms with van der Waals surface area (Å²) >= 11 is 10.3. The molecule has 0 radical (unpaired) electrons. The summed E-state index contributed by atoms with van der Waals surface area (Å²) in [5, 5.41) is 0. The van der Waals surface area contributed by atoms with Crippen LogP contribution in [0.3, 0.4) is 0 Å². The van der Waals surface area contributed by atoms with Crippen molar-refractivity contribution < 1.29 is 49.2 Å². The standard InChI is InChI=1S/2C4H6O4S2.4Na.H2O3S.4H/c2*5-3(7-9)1-2-4(6)8-10;;;;;1-4(2)3;;;;/h2*9-10H,1-2H2;;;;;(H2,1,2,3);;;;. The van der Waals surface area contributed by atoms with E-state index in [0.717, 1.165) is 0 Å². The Morgan fingerprint density at radius 1 is 0.571 bits per heavy atom. The third kappa shape index (κ3) is 51.8. The van der Waals surface area contributed by atoms with E-state index in [1.807, 2.05) is 0 Å². The van der Waals surface area contributed by atoms with E-state index in [1.165, 1.54) is 0 Å². The van der Waals surface area contributed by atoms with E-state index in [2.05, 4.69) is 68.4 Å². The van der Waals surface area contributed by atoms with Crippen molar-refractivity contribution in [3.63, 3.8) is 0 Å². The third-order valence-corrected chi connectivity index (χ3v) is 2.29. The van der Waals surface area contributed by atoms with Gasteiger partial charge in [0.15, 0.2) is 0 Å². The quantitative estimate of drug-likeness (QED) is 0.0736. The van der Waals surface area contributed by atoms with E-state index < -0.39 is 35.2 Å². The van der Waals surface area contributed by atoms with Gasteiger partial charge in [0.2, 0.25) is 0 Å². The molecular formula is C8H18Na4O11S5. The molecule has 0 unspecified atom stereocenters. The first-order valence-corrected chi connectivity index (χ1v) is 7.83. The fraction of sp³-hybridized carbons (Fsp3) is 0.500. The van der Waals surface area contributed by atoms with Crippen molar-refractivity contribution in [2.45, 2.75) is 25.7 Å². The van der Waals surface area contributed by atoms with Gasteiger partial charge in [-0.25, -0.2) is 0 Å². The van der Waals surface area contributed by atoms with Gasteiger partial charge in [0, 0.05) is 51.6 Å². The summed E-state index contributed by atoms with van der Waals surface area (Å²) in [6.07, 6.45) is -0.155. The maximum absolute atomic E-state index is 10.3. The van der Waals surface area contributed by atoms with Crippen LogP contribution in [0.25, 0.3) is 0 Å². The van der Waals surface area contributed by atoms with Crippen LogP contribution in [-0.2, 0) is 47.3 Å². The zero-order chi connectivity index (χ0) is 19.5. The summed E-state index contributed by atoms with van der Waals surface area (Å²) in [5.74, 6) is -2.27. The molecule has 0 aliphatic carbocycles. The number of carbonyl (C=O) groups excluding carboxylic acids is 4. The Morgan fingerprint density at radius 3 is 0.750 bits per heavy atom. The normalized spacial score (nSPS) is 7.39. The Bertz CT molecular complexity index is 364. The van der Waals surface area contributed by atoms with E-state index in [4.69, 9.17) is 13.3 Å². The van der Waals surface area contributed by atoms with Crippen molar-refractivity contribution in [3.05, 3.63) is 0 Å². The molecule has 150 valence electrons. The van der Waals surface area contributed by atoms with Gasteiger partial charge >= 0.3 is 142 Å². The first kappa shape index (κ1) is 48.7. The van der Waals surface area contributed by atoms with E-state index in [9.17, 15) is 19.2 Å². The minimum absolute atomic E-state index is 0. The molecule has 0 atom stereocenters. The number of rotatable bonds is 6. The summed E-state index contributed by atoms with van der Waals surface area (Å²) < 4.78 is 38.7. The Balaban J connectivity index is -0.0000000472. The topological polar surface area (TPSA) is 163 Å². The predicted octanol–water partition coefficient (Wildman–Crippen LogP) is -1.83. The molecule has 0 amide bonds. The van der Waals surface area contributed by atoms with Crippen molar-refractivity contribution >= 4 is 205 Å². The fourth-order valence-corrected chi connectivity index (χ4v) is 0.956. The summed E-state index contributed by atoms with van der Waals surface area (Å²) in [7, 11) is 0. The number of carbonyl (C=O) groups is 4. The Morgan fingerprint density at radius 2 is 0.679 bits per heavy atom. The number of hydrogen-bond acceptors (Lipinski definition) is 13. The van der Waals surface area contributed by atoms with E-state index in [0.29, 0.717) is 0 Å². The predicted molar refractivity (Wildman–Crippen MR) is 121 cm³/mol. The average molecular weight is 543 g/mol. The van der Waals surface area contributed by atoms with Crippen molar-refractivity contribution in [2.24, 2.45) is 0 Å². The van der Waals surface area contributed by atoms with Gasteiger partial charge < -0.3 is 16.7 Å². The van der Waals surface area contributed by atoms with Crippen LogP contribution in [0, 0.1) is 0 Å². The van der Waals surface area contributed by atoms with Crippen molar-refractivity contribution in [2.75, 3.05) is 0 Å². The Hall–Kier alpha value is 3.35. The van der Waals surface area contributed by atoms with E-state index in [1.54, 1.807) is 0 Å². The summed E-state index contributed by atoms with van der Waals surface area (Å²) in [5.41, 5.74) is 0. The van der Waals surface area contributed by atoms with Gasteiger partial charge in [-0.1, -0.05) is 0 Å². The molecule has 11 nitrogen and oxygen atoms in total. The molecule has 0 aliphatic rings. The molecule has 0 bridgehead atoms. The summed E-state index contributed by atoms with van der Waals surface area (Å²) in [6, 6.07) is 0. The first-order chi connectivity index (χ1) is 11.1. The van der Waals surface area contributed by atoms with Crippen LogP contribution in [0.1, 0.15) is 25.7 Å². The second-order valence-corrected chi connectivity index (χ2v) is 4.28. The second kappa shape index (κ2) is 37.7. The van der Waals surface area contributed by atoms with Gasteiger partial charge in [-0.05, 0) is 0 Å². The number of hydrogen-bond donors (Lipinski definition) is 6. The Labute approximate surface area is 275 Å². The molecule has 0 fully saturated rings. The van der Waals surface area contributed by atoms with Gasteiger partial charge in [0.1, 0.15) is 0 Å². The molecule has 0 aromatic rings. The van der Waals surface area contributed by atoms with Gasteiger partial charge in [-0.15, -0.1) is 0 Å². The van der Waals surface area contributed by atoms with Crippen molar-refractivity contribution in [1.29, 1.82) is 0 Å². The van der Waals surface area contributed by atoms with Crippen LogP contribution in [0.5, 0.6) is 0 Å². The van der Waals surface area contributed by atoms with E-state index >= 15 is 0 Å². The molecule has 0 spiro atoms. The van der Waals surface area contributed by atoms with Crippen LogP contribution in [0.2, 0.25) is 0 Å². The monoisotopic (exact) mass is 542 g/mol. The van der Waals surface area contributed by atoms with Gasteiger partial charge in [0.05, 0.1) is 25.7 Å². The van der Waals surface area contributed by atoms with Crippen LogP contribution in [0.15, 0.2) is 0 Å². The van der Waals surface area contributed by atoms with Crippen LogP contribution in [0.4, 0.5) is 0 Å². The third-order valence-electron chi connectivity index (χ3n) is 1.47. The SMILES string of the molecule is O=C(CCC(=O)OS)OS.O=C(CCC(=O)OS)OS.O=S(O)O.[NaH].[NaH].[NaH].[NaH]. The molecule has 20 heteroatoms. The van der Waals surface area contributed by atoms with Gasteiger partial charge in [0.25, 0.3) is 11.4 Å². The molecule has 2 N–H and O–H groups in total. The molecule has 0 heterocycles. The van der Waals surface area contributed by atoms with Gasteiger partial charge in [-0.3, -0.25) is 28.3 Å². The van der Waals surface area contributed by atoms with Gasteiger partial charge in [-0.2, -0.15) is 4.21 Å². The molecular weight excluding hydrogens is 524 g/mol. The molecule has 0 aromatic heterocycles. The van der Waals surface area contributed by atoms with Crippen molar-refractivity contribution in [1.82, 2.24) is 0 Å². The maximum atomic E-state index is 10.3. The zero-order valence-corrected chi connectivity index (χ0v) is 16.0. The molecule has 0 rings (SSSR count). The summed E-state index contributed by atoms with van der Waals surface area (Å²) in [4.78, 5) is 41.2. The molecule has 0 aliphatic heterocycles. The molecule has 28 heavy (non-hydrogen) atoms. The van der Waals surface area contributed by atoms with Crippen LogP contribution < -0.4 is 0 Å². The fourth-order valence-electron chi connectivity index (χ4n) is 0.591. The van der Waals surface area contributed by atoms with E-state index in [-0.39, 0.29) is 144 Å². The molecule has 0 saturated heterocycles. The van der Waals surface area contributed by atoms with Crippen LogP contribution in [-0.4, -0.2) is 155 Å². The van der Waals surface area contributed by atoms with Crippen molar-refractivity contribution in [3.8, 4) is 0 Å². The first-order valence-electron chi connectivity index (χ1n) is 5.31. The van der Waals surface area contributed by atoms with Crippen LogP contribution >= 0.6 is 51.6 Å². The number of thiol groups is 4. The second-order valence-electron chi connectivity index (χ2n) is 3.08. The minimum atomic E-state index is -2.61. The average Bonchev–Trinajstić information content (AvgIpc) is 2.56. The Kier molecular flexibility index (Phi) is 65.5. The zero-order valence-electron chi connectivity index (χ0n) is 11.6. The molecule has 0 saturated carbocycles. The molecule has 0 aromatic carbocycles.